The topological polar surface area (TPSA) is 151 Å². The number of aliphatic carboxylic acids is 1. The largest absolute Gasteiger partial charge is 0.480 e. The van der Waals surface area contributed by atoms with Crippen molar-refractivity contribution in [1.29, 1.82) is 0 Å². The van der Waals surface area contributed by atoms with Crippen LogP contribution >= 0.6 is 24.4 Å². The summed E-state index contributed by atoms with van der Waals surface area (Å²) in [5.41, 5.74) is 6.75. The van der Waals surface area contributed by atoms with E-state index in [1.54, 1.807) is 0 Å². The molecule has 0 spiro atoms. The van der Waals surface area contributed by atoms with Crippen LogP contribution in [0.25, 0.3) is 0 Å². The monoisotopic (exact) mass is 456 g/mol. The van der Waals surface area contributed by atoms with Crippen LogP contribution in [0.2, 0.25) is 0 Å². The molecule has 0 heterocycles. The highest BCUT2D eigenvalue weighted by molar-refractivity contribution is 7.98. The number of amides is 3. The number of hydrogen-bond donors (Lipinski definition) is 6. The van der Waals surface area contributed by atoms with Gasteiger partial charge in [0.25, 0.3) is 0 Å². The van der Waals surface area contributed by atoms with E-state index in [4.69, 9.17) is 5.73 Å². The molecule has 0 radical (unpaired) electrons. The summed E-state index contributed by atoms with van der Waals surface area (Å²) in [4.78, 5) is 47.7. The molecule has 3 amide bonds. The fourth-order valence-electron chi connectivity index (χ4n) is 2.46. The molecule has 0 aromatic heterocycles. The van der Waals surface area contributed by atoms with Gasteiger partial charge >= 0.3 is 5.97 Å². The molecule has 3 atom stereocenters. The average molecular weight is 457 g/mol. The van der Waals surface area contributed by atoms with Gasteiger partial charge in [0.15, 0.2) is 0 Å². The third-order valence-electron chi connectivity index (χ3n) is 4.12. The summed E-state index contributed by atoms with van der Waals surface area (Å²) in [5.74, 6) is -2.39. The number of carboxylic acid groups (broad SMARTS) is 1. The summed E-state index contributed by atoms with van der Waals surface area (Å²) in [6, 6.07) is 6.31. The van der Waals surface area contributed by atoms with Gasteiger partial charge in [0.2, 0.25) is 17.7 Å². The van der Waals surface area contributed by atoms with Gasteiger partial charge in [-0.25, -0.2) is 4.79 Å². The summed E-state index contributed by atoms with van der Waals surface area (Å²) >= 11 is 5.50. The first-order valence-electron chi connectivity index (χ1n) is 9.28. The Balaban J connectivity index is 2.49. The van der Waals surface area contributed by atoms with E-state index in [2.05, 4.69) is 28.6 Å². The maximum absolute atomic E-state index is 12.3. The van der Waals surface area contributed by atoms with Gasteiger partial charge in [-0.2, -0.15) is 24.4 Å². The zero-order valence-electron chi connectivity index (χ0n) is 16.7. The maximum atomic E-state index is 12.3. The molecule has 11 heteroatoms. The van der Waals surface area contributed by atoms with E-state index in [1.807, 2.05) is 36.6 Å². The lowest BCUT2D eigenvalue weighted by Gasteiger charge is -2.20. The van der Waals surface area contributed by atoms with Crippen LogP contribution in [-0.2, 0) is 25.6 Å². The molecule has 0 saturated heterocycles. The highest BCUT2D eigenvalue weighted by Gasteiger charge is 2.25. The molecule has 6 N–H and O–H groups in total. The summed E-state index contributed by atoms with van der Waals surface area (Å²) in [7, 11) is 0. The molecule has 0 saturated carbocycles. The number of thiol groups is 1. The zero-order valence-corrected chi connectivity index (χ0v) is 18.4. The fourth-order valence-corrected chi connectivity index (χ4v) is 3.19. The average Bonchev–Trinajstić information content (AvgIpc) is 2.73. The number of carboxylic acids is 1. The molecule has 9 nitrogen and oxygen atoms in total. The van der Waals surface area contributed by atoms with Crippen molar-refractivity contribution in [1.82, 2.24) is 16.0 Å². The minimum atomic E-state index is -1.15. The Morgan fingerprint density at radius 3 is 2.33 bits per heavy atom. The molecular formula is C19H28N4O5S2. The van der Waals surface area contributed by atoms with E-state index in [-0.39, 0.29) is 18.7 Å². The van der Waals surface area contributed by atoms with Crippen LogP contribution in [0.3, 0.4) is 0 Å². The van der Waals surface area contributed by atoms with E-state index in [0.717, 1.165) is 5.56 Å². The van der Waals surface area contributed by atoms with Crippen LogP contribution in [0, 0.1) is 0 Å². The third-order valence-corrected chi connectivity index (χ3v) is 5.13. The van der Waals surface area contributed by atoms with Crippen molar-refractivity contribution in [2.24, 2.45) is 5.73 Å². The van der Waals surface area contributed by atoms with E-state index in [1.165, 1.54) is 11.8 Å². The first-order chi connectivity index (χ1) is 14.3. The van der Waals surface area contributed by atoms with E-state index in [0.29, 0.717) is 12.2 Å². The molecule has 1 aromatic rings. The standard InChI is InChI=1S/C19H28N4O5S2/c1-30-8-7-14(19(27)28)23-18(26)15(11-29)22-16(24)10-21-17(25)13(20)9-12-5-3-2-4-6-12/h2-6,13-15,29H,7-11,20H2,1H3,(H,21,25)(H,22,24)(H,23,26)(H,27,28). The number of carbonyl (C=O) groups excluding carboxylic acids is 3. The SMILES string of the molecule is CSCCC(NC(=O)C(CS)NC(=O)CNC(=O)C(N)Cc1ccccc1)C(=O)O. The molecule has 0 bridgehead atoms. The molecular weight excluding hydrogens is 428 g/mol. The van der Waals surface area contributed by atoms with Crippen LogP contribution in [0.1, 0.15) is 12.0 Å². The van der Waals surface area contributed by atoms with Crippen molar-refractivity contribution in [3.8, 4) is 0 Å². The molecule has 0 fully saturated rings. The predicted molar refractivity (Wildman–Crippen MR) is 119 cm³/mol. The second-order valence-electron chi connectivity index (χ2n) is 6.50. The smallest absolute Gasteiger partial charge is 0.326 e. The van der Waals surface area contributed by atoms with Gasteiger partial charge in [0, 0.05) is 5.75 Å². The maximum Gasteiger partial charge on any atom is 0.326 e. The Bertz CT molecular complexity index is 720. The Labute approximate surface area is 185 Å². The Kier molecular flexibility index (Phi) is 11.9. The van der Waals surface area contributed by atoms with Gasteiger partial charge in [-0.1, -0.05) is 30.3 Å². The Morgan fingerprint density at radius 2 is 1.77 bits per heavy atom. The normalized spacial score (nSPS) is 13.6. The quantitative estimate of drug-likeness (QED) is 0.217. The Hall–Kier alpha value is -2.24. The van der Waals surface area contributed by atoms with Crippen LogP contribution in [0.4, 0.5) is 0 Å². The number of nitrogens with one attached hydrogen (secondary N) is 3. The number of rotatable bonds is 13. The Morgan fingerprint density at radius 1 is 1.10 bits per heavy atom. The van der Waals surface area contributed by atoms with Gasteiger partial charge in [-0.3, -0.25) is 14.4 Å². The van der Waals surface area contributed by atoms with Gasteiger partial charge in [0.05, 0.1) is 12.6 Å². The molecule has 0 aliphatic carbocycles. The number of benzene rings is 1. The van der Waals surface area contributed by atoms with Crippen molar-refractivity contribution in [3.63, 3.8) is 0 Å². The first kappa shape index (κ1) is 25.8. The van der Waals surface area contributed by atoms with Crippen molar-refractivity contribution in [2.75, 3.05) is 24.3 Å². The second-order valence-corrected chi connectivity index (χ2v) is 7.85. The van der Waals surface area contributed by atoms with Crippen LogP contribution in [-0.4, -0.2) is 71.2 Å². The molecule has 3 unspecified atom stereocenters. The minimum absolute atomic E-state index is 0.0338. The van der Waals surface area contributed by atoms with Crippen LogP contribution in [0.5, 0.6) is 0 Å². The molecule has 30 heavy (non-hydrogen) atoms. The lowest BCUT2D eigenvalue weighted by Crippen LogP contribution is -2.54. The van der Waals surface area contributed by atoms with Gasteiger partial charge < -0.3 is 26.8 Å². The third kappa shape index (κ3) is 9.51. The van der Waals surface area contributed by atoms with E-state index < -0.39 is 41.8 Å². The fraction of sp³-hybridized carbons (Fsp3) is 0.474. The second kappa shape index (κ2) is 13.9. The molecule has 0 aliphatic rings. The van der Waals surface area contributed by atoms with Gasteiger partial charge in [0.1, 0.15) is 12.1 Å². The minimum Gasteiger partial charge on any atom is -0.480 e. The number of carbonyl (C=O) groups is 4. The number of thioether (sulfide) groups is 1. The van der Waals surface area contributed by atoms with Crippen molar-refractivity contribution >= 4 is 48.1 Å². The van der Waals surface area contributed by atoms with Gasteiger partial charge in [-0.15, -0.1) is 0 Å². The summed E-state index contributed by atoms with van der Waals surface area (Å²) in [6.07, 6.45) is 2.41. The van der Waals surface area contributed by atoms with E-state index in [9.17, 15) is 24.3 Å². The van der Waals surface area contributed by atoms with Gasteiger partial charge in [-0.05, 0) is 30.4 Å². The highest BCUT2D eigenvalue weighted by atomic mass is 32.2. The molecule has 1 aromatic carbocycles. The highest BCUT2D eigenvalue weighted by Crippen LogP contribution is 2.03. The first-order valence-corrected chi connectivity index (χ1v) is 11.3. The lowest BCUT2D eigenvalue weighted by molar-refractivity contribution is -0.142. The summed E-state index contributed by atoms with van der Waals surface area (Å²) in [5, 5.41) is 16.5. The number of nitrogens with two attached hydrogens (primary N) is 1. The van der Waals surface area contributed by atoms with Crippen LogP contribution < -0.4 is 21.7 Å². The predicted octanol–water partition coefficient (Wildman–Crippen LogP) is -0.590. The van der Waals surface area contributed by atoms with Crippen molar-refractivity contribution in [2.45, 2.75) is 31.0 Å². The van der Waals surface area contributed by atoms with Crippen molar-refractivity contribution in [3.05, 3.63) is 35.9 Å². The lowest BCUT2D eigenvalue weighted by atomic mass is 10.1. The molecule has 166 valence electrons. The van der Waals surface area contributed by atoms with E-state index >= 15 is 0 Å². The van der Waals surface area contributed by atoms with Crippen molar-refractivity contribution < 1.29 is 24.3 Å². The molecule has 1 rings (SSSR count). The summed E-state index contributed by atoms with van der Waals surface area (Å²) in [6.45, 7) is -0.367. The zero-order chi connectivity index (χ0) is 22.5. The van der Waals surface area contributed by atoms with Crippen LogP contribution in [0.15, 0.2) is 30.3 Å². The summed E-state index contributed by atoms with van der Waals surface area (Å²) < 4.78 is 0. The number of hydrogen-bond acceptors (Lipinski definition) is 7. The molecule has 0 aliphatic heterocycles.